The van der Waals surface area contributed by atoms with Crippen LogP contribution in [0.3, 0.4) is 0 Å². The number of carbonyl (C=O) groups is 2. The molecule has 1 aromatic heterocycles. The number of aromatic amines is 1. The van der Waals surface area contributed by atoms with Crippen LogP contribution >= 0.6 is 0 Å². The largest absolute Gasteiger partial charge is 0.360 e. The van der Waals surface area contributed by atoms with Gasteiger partial charge in [-0.15, -0.1) is 0 Å². The number of rotatable bonds is 5. The van der Waals surface area contributed by atoms with Crippen molar-refractivity contribution in [2.45, 2.75) is 18.9 Å². The number of halogens is 1. The van der Waals surface area contributed by atoms with Crippen molar-refractivity contribution in [3.8, 4) is 22.3 Å². The van der Waals surface area contributed by atoms with E-state index in [0.29, 0.717) is 39.2 Å². The number of benzene rings is 3. The van der Waals surface area contributed by atoms with E-state index >= 15 is 0 Å². The molecule has 0 bridgehead atoms. The van der Waals surface area contributed by atoms with Crippen LogP contribution in [0, 0.1) is 5.82 Å². The molecule has 3 N–H and O–H groups in total. The van der Waals surface area contributed by atoms with E-state index in [1.807, 2.05) is 54.4 Å². The lowest BCUT2D eigenvalue weighted by Crippen LogP contribution is -2.44. The predicted molar refractivity (Wildman–Crippen MR) is 153 cm³/mol. The Balaban J connectivity index is 1.48. The number of hydrogen-bond donors (Lipinski definition) is 3. The number of nitrogens with zero attached hydrogens (tertiary/aromatic N) is 1. The molecule has 7 heteroatoms. The van der Waals surface area contributed by atoms with Gasteiger partial charge in [0.2, 0.25) is 0 Å². The Morgan fingerprint density at radius 3 is 2.41 bits per heavy atom. The summed E-state index contributed by atoms with van der Waals surface area (Å²) in [7, 11) is 1.86. The van der Waals surface area contributed by atoms with Gasteiger partial charge < -0.3 is 20.5 Å². The zero-order valence-corrected chi connectivity index (χ0v) is 21.6. The van der Waals surface area contributed by atoms with E-state index in [2.05, 4.69) is 15.6 Å². The molecule has 0 spiro atoms. The second-order valence-electron chi connectivity index (χ2n) is 9.97. The lowest BCUT2D eigenvalue weighted by molar-refractivity contribution is -0.110. The highest BCUT2D eigenvalue weighted by atomic mass is 19.1. The highest BCUT2D eigenvalue weighted by Gasteiger charge is 2.30. The number of amides is 2. The topological polar surface area (TPSA) is 77.2 Å². The predicted octanol–water partition coefficient (Wildman–Crippen LogP) is 5.80. The number of fused-ring (bicyclic) bond motifs is 1. The third-order valence-corrected chi connectivity index (χ3v) is 7.66. The minimum atomic E-state index is -0.358. The highest BCUT2D eigenvalue weighted by Crippen LogP contribution is 2.42. The first kappa shape index (κ1) is 24.8. The Bertz CT molecular complexity index is 1580. The van der Waals surface area contributed by atoms with Gasteiger partial charge in [0.1, 0.15) is 5.82 Å². The van der Waals surface area contributed by atoms with Crippen molar-refractivity contribution in [3.63, 3.8) is 0 Å². The first-order valence-electron chi connectivity index (χ1n) is 13.2. The molecule has 6 nitrogen and oxygen atoms in total. The molecular weight excluding hydrogens is 491 g/mol. The molecule has 196 valence electrons. The molecule has 2 amide bonds. The van der Waals surface area contributed by atoms with Crippen LogP contribution < -0.4 is 10.6 Å². The summed E-state index contributed by atoms with van der Waals surface area (Å²) in [6.45, 7) is 1.77. The van der Waals surface area contributed by atoms with Gasteiger partial charge in [0.25, 0.3) is 11.8 Å². The number of piperidine rings is 1. The highest BCUT2D eigenvalue weighted by molar-refractivity contribution is 6.36. The van der Waals surface area contributed by atoms with Gasteiger partial charge in [-0.3, -0.25) is 9.59 Å². The quantitative estimate of drug-likeness (QED) is 0.291. The molecule has 1 fully saturated rings. The van der Waals surface area contributed by atoms with Crippen molar-refractivity contribution in [3.05, 3.63) is 102 Å². The van der Waals surface area contributed by atoms with E-state index < -0.39 is 0 Å². The molecule has 6 rings (SSSR count). The molecule has 3 aromatic carbocycles. The van der Waals surface area contributed by atoms with Gasteiger partial charge in [-0.2, -0.15) is 0 Å². The molecule has 0 aliphatic carbocycles. The maximum absolute atomic E-state index is 14.8. The lowest BCUT2D eigenvalue weighted by Gasteiger charge is -2.31. The van der Waals surface area contributed by atoms with Crippen LogP contribution in [0.2, 0.25) is 0 Å². The second-order valence-corrected chi connectivity index (χ2v) is 9.97. The Hall–Kier alpha value is -4.49. The average Bonchev–Trinajstić information content (AvgIpc) is 3.54. The van der Waals surface area contributed by atoms with Crippen LogP contribution in [-0.2, 0) is 4.79 Å². The smallest absolute Gasteiger partial charge is 0.256 e. The SMILES string of the molecule is CN(C(=O)c1c[nH]c(C=C2C(=O)Nc3cccc(-c4ccccc4F)c32)c1-c1ccccc1)C1CCNCC1. The zero-order chi connectivity index (χ0) is 26.9. The third kappa shape index (κ3) is 4.55. The van der Waals surface area contributed by atoms with Crippen molar-refractivity contribution in [1.82, 2.24) is 15.2 Å². The van der Waals surface area contributed by atoms with Crippen molar-refractivity contribution >= 4 is 29.2 Å². The fourth-order valence-electron chi connectivity index (χ4n) is 5.62. The second kappa shape index (κ2) is 10.3. The summed E-state index contributed by atoms with van der Waals surface area (Å²) in [5.74, 6) is -0.699. The van der Waals surface area contributed by atoms with E-state index in [1.165, 1.54) is 6.07 Å². The molecular formula is C32H29FN4O2. The monoisotopic (exact) mass is 520 g/mol. The number of anilines is 1. The molecule has 4 aromatic rings. The van der Waals surface area contributed by atoms with Gasteiger partial charge in [-0.1, -0.05) is 60.7 Å². The fraction of sp³-hybridized carbons (Fsp3) is 0.188. The summed E-state index contributed by atoms with van der Waals surface area (Å²) in [5, 5.41) is 6.27. The molecule has 2 aliphatic heterocycles. The van der Waals surface area contributed by atoms with Crippen LogP contribution in [0.25, 0.3) is 33.9 Å². The molecule has 0 saturated carbocycles. The molecule has 2 aliphatic rings. The zero-order valence-electron chi connectivity index (χ0n) is 21.6. The Labute approximate surface area is 226 Å². The van der Waals surface area contributed by atoms with E-state index in [4.69, 9.17) is 0 Å². The molecule has 0 radical (unpaired) electrons. The van der Waals surface area contributed by atoms with Gasteiger partial charge >= 0.3 is 0 Å². The first-order valence-corrected chi connectivity index (χ1v) is 13.2. The number of H-pyrrole nitrogens is 1. The van der Waals surface area contributed by atoms with Crippen LogP contribution in [0.1, 0.15) is 34.5 Å². The summed E-state index contributed by atoms with van der Waals surface area (Å²) in [6, 6.07) is 21.9. The van der Waals surface area contributed by atoms with Gasteiger partial charge in [0.15, 0.2) is 0 Å². The summed E-state index contributed by atoms with van der Waals surface area (Å²) in [5.41, 5.74) is 5.53. The van der Waals surface area contributed by atoms with E-state index in [1.54, 1.807) is 36.5 Å². The Morgan fingerprint density at radius 2 is 1.64 bits per heavy atom. The number of nitrogens with one attached hydrogen (secondary N) is 3. The summed E-state index contributed by atoms with van der Waals surface area (Å²) in [4.78, 5) is 32.1. The normalized spacial score (nSPS) is 16.3. The standard InChI is InChI=1S/C32H29FN4O2/c1-37(21-14-16-34-17-15-21)32(39)25-19-35-28(29(25)20-8-3-2-4-9-20)18-24-30-23(22-10-5-6-12-26(22)33)11-7-13-27(30)36-31(24)38/h2-13,18-19,21,34-35H,14-17H2,1H3,(H,36,38). The van der Waals surface area contributed by atoms with Crippen molar-refractivity contribution in [1.29, 1.82) is 0 Å². The van der Waals surface area contributed by atoms with Crippen LogP contribution in [-0.4, -0.2) is 47.9 Å². The summed E-state index contributed by atoms with van der Waals surface area (Å²) >= 11 is 0. The average molecular weight is 521 g/mol. The van der Waals surface area contributed by atoms with Crippen LogP contribution in [0.5, 0.6) is 0 Å². The minimum absolute atomic E-state index is 0.0648. The third-order valence-electron chi connectivity index (χ3n) is 7.66. The Morgan fingerprint density at radius 1 is 0.923 bits per heavy atom. The van der Waals surface area contributed by atoms with Crippen LogP contribution in [0.15, 0.2) is 79.0 Å². The number of hydrogen-bond acceptors (Lipinski definition) is 3. The molecule has 3 heterocycles. The van der Waals surface area contributed by atoms with Crippen molar-refractivity contribution in [2.24, 2.45) is 0 Å². The van der Waals surface area contributed by atoms with Gasteiger partial charge in [0, 0.05) is 47.4 Å². The van der Waals surface area contributed by atoms with E-state index in [-0.39, 0.29) is 23.7 Å². The lowest BCUT2D eigenvalue weighted by atomic mass is 9.93. The molecule has 1 saturated heterocycles. The van der Waals surface area contributed by atoms with Crippen LogP contribution in [0.4, 0.5) is 10.1 Å². The number of carbonyl (C=O) groups excluding carboxylic acids is 2. The minimum Gasteiger partial charge on any atom is -0.360 e. The molecule has 0 atom stereocenters. The van der Waals surface area contributed by atoms with Crippen molar-refractivity contribution < 1.29 is 14.0 Å². The van der Waals surface area contributed by atoms with Crippen molar-refractivity contribution in [2.75, 3.05) is 25.5 Å². The number of aromatic nitrogens is 1. The first-order chi connectivity index (χ1) is 19.0. The maximum Gasteiger partial charge on any atom is 0.256 e. The molecule has 0 unspecified atom stereocenters. The maximum atomic E-state index is 14.8. The fourth-order valence-corrected chi connectivity index (χ4v) is 5.62. The molecule has 39 heavy (non-hydrogen) atoms. The summed E-state index contributed by atoms with van der Waals surface area (Å²) in [6.07, 6.45) is 5.31. The van der Waals surface area contributed by atoms with E-state index in [0.717, 1.165) is 37.1 Å². The van der Waals surface area contributed by atoms with E-state index in [9.17, 15) is 14.0 Å². The van der Waals surface area contributed by atoms with Gasteiger partial charge in [0.05, 0.1) is 11.1 Å². The summed E-state index contributed by atoms with van der Waals surface area (Å²) < 4.78 is 14.8. The van der Waals surface area contributed by atoms with Gasteiger partial charge in [-0.05, 0) is 55.3 Å². The Kier molecular flexibility index (Phi) is 6.59. The van der Waals surface area contributed by atoms with Gasteiger partial charge in [-0.25, -0.2) is 4.39 Å².